The van der Waals surface area contributed by atoms with Crippen molar-refractivity contribution in [1.82, 2.24) is 0 Å². The molecule has 0 aliphatic carbocycles. The molecule has 1 atom stereocenters. The van der Waals surface area contributed by atoms with Crippen molar-refractivity contribution in [2.75, 3.05) is 6.26 Å². The van der Waals surface area contributed by atoms with Crippen LogP contribution in [-0.2, 0) is 9.84 Å². The zero-order valence-electron chi connectivity index (χ0n) is 7.56. The van der Waals surface area contributed by atoms with E-state index in [1.807, 2.05) is 0 Å². The quantitative estimate of drug-likeness (QED) is 0.779. The zero-order valence-corrected chi connectivity index (χ0v) is 8.38. The molecule has 0 saturated heterocycles. The average Bonchev–Trinajstić information content (AvgIpc) is 2.03. The van der Waals surface area contributed by atoms with Crippen LogP contribution in [0.25, 0.3) is 0 Å². The van der Waals surface area contributed by atoms with Crippen LogP contribution in [0.1, 0.15) is 18.6 Å². The van der Waals surface area contributed by atoms with Crippen LogP contribution in [0.3, 0.4) is 0 Å². The molecule has 0 saturated carbocycles. The summed E-state index contributed by atoms with van der Waals surface area (Å²) >= 11 is 0. The van der Waals surface area contributed by atoms with Gasteiger partial charge in [0.05, 0.1) is 11.0 Å². The smallest absolute Gasteiger partial charge is 0.175 e. The normalized spacial score (nSPS) is 14.1. The lowest BCUT2D eigenvalue weighted by Crippen LogP contribution is -1.98. The molecule has 0 aliphatic rings. The molecule has 1 aromatic rings. The van der Waals surface area contributed by atoms with Gasteiger partial charge in [-0.2, -0.15) is 0 Å². The highest BCUT2D eigenvalue weighted by Gasteiger charge is 2.07. The number of benzene rings is 1. The van der Waals surface area contributed by atoms with Crippen molar-refractivity contribution in [3.05, 3.63) is 29.8 Å². The Morgan fingerprint density at radius 1 is 1.23 bits per heavy atom. The molecule has 0 fully saturated rings. The third-order valence-electron chi connectivity index (χ3n) is 1.79. The molecule has 0 aliphatic heterocycles. The van der Waals surface area contributed by atoms with Crippen molar-refractivity contribution in [3.8, 4) is 0 Å². The maximum atomic E-state index is 11.1. The summed E-state index contributed by atoms with van der Waals surface area (Å²) in [6, 6.07) is 6.22. The molecule has 1 unspecified atom stereocenters. The van der Waals surface area contributed by atoms with E-state index < -0.39 is 15.9 Å². The van der Waals surface area contributed by atoms with Crippen LogP contribution in [0.2, 0.25) is 0 Å². The van der Waals surface area contributed by atoms with Gasteiger partial charge in [-0.15, -0.1) is 0 Å². The second-order valence-electron chi connectivity index (χ2n) is 3.02. The third kappa shape index (κ3) is 2.54. The highest BCUT2D eigenvalue weighted by Crippen LogP contribution is 2.15. The van der Waals surface area contributed by atoms with E-state index in [-0.39, 0.29) is 4.90 Å². The van der Waals surface area contributed by atoms with Crippen molar-refractivity contribution in [2.24, 2.45) is 0 Å². The summed E-state index contributed by atoms with van der Waals surface area (Å²) in [6.07, 6.45) is 0.596. The van der Waals surface area contributed by atoms with Crippen LogP contribution >= 0.6 is 0 Å². The molecule has 13 heavy (non-hydrogen) atoms. The first-order valence-electron chi connectivity index (χ1n) is 3.89. The summed E-state index contributed by atoms with van der Waals surface area (Å²) in [7, 11) is -3.13. The Hall–Kier alpha value is -0.870. The summed E-state index contributed by atoms with van der Waals surface area (Å²) in [5.74, 6) is 0. The topological polar surface area (TPSA) is 54.4 Å². The average molecular weight is 200 g/mol. The second-order valence-corrected chi connectivity index (χ2v) is 5.03. The standard InChI is InChI=1S/C9H12O3S/c1-7(10)8-3-5-9(6-4-8)13(2,11)12/h3-7,10H,1-2H3. The number of aliphatic hydroxyl groups is 1. The van der Waals surface area contributed by atoms with Gasteiger partial charge in [0.2, 0.25) is 0 Å². The van der Waals surface area contributed by atoms with Gasteiger partial charge in [0.25, 0.3) is 0 Å². The largest absolute Gasteiger partial charge is 0.389 e. The molecule has 4 heteroatoms. The predicted molar refractivity (Wildman–Crippen MR) is 50.2 cm³/mol. The molecule has 0 amide bonds. The molecule has 0 radical (unpaired) electrons. The van der Waals surface area contributed by atoms with Gasteiger partial charge in [0.1, 0.15) is 0 Å². The molecule has 3 nitrogen and oxygen atoms in total. The summed E-state index contributed by atoms with van der Waals surface area (Å²) in [6.45, 7) is 1.63. The van der Waals surface area contributed by atoms with Crippen LogP contribution in [0.15, 0.2) is 29.2 Å². The van der Waals surface area contributed by atoms with Crippen LogP contribution in [0.5, 0.6) is 0 Å². The maximum Gasteiger partial charge on any atom is 0.175 e. The number of rotatable bonds is 2. The Bertz CT molecular complexity index is 376. The van der Waals surface area contributed by atoms with Gasteiger partial charge in [-0.25, -0.2) is 8.42 Å². The highest BCUT2D eigenvalue weighted by molar-refractivity contribution is 7.90. The van der Waals surface area contributed by atoms with Crippen molar-refractivity contribution < 1.29 is 13.5 Å². The van der Waals surface area contributed by atoms with Gasteiger partial charge in [0, 0.05) is 6.26 Å². The van der Waals surface area contributed by atoms with Gasteiger partial charge in [-0.1, -0.05) is 12.1 Å². The van der Waals surface area contributed by atoms with Crippen molar-refractivity contribution in [3.63, 3.8) is 0 Å². The fourth-order valence-electron chi connectivity index (χ4n) is 0.994. The lowest BCUT2D eigenvalue weighted by Gasteiger charge is -2.04. The van der Waals surface area contributed by atoms with Crippen LogP contribution in [0.4, 0.5) is 0 Å². The molecule has 1 aromatic carbocycles. The van der Waals surface area contributed by atoms with Crippen molar-refractivity contribution in [1.29, 1.82) is 0 Å². The van der Waals surface area contributed by atoms with Crippen LogP contribution in [-0.4, -0.2) is 19.8 Å². The van der Waals surface area contributed by atoms with Gasteiger partial charge < -0.3 is 5.11 Å². The first-order valence-corrected chi connectivity index (χ1v) is 5.78. The minimum atomic E-state index is -3.13. The van der Waals surface area contributed by atoms with E-state index in [1.54, 1.807) is 19.1 Å². The summed E-state index contributed by atoms with van der Waals surface area (Å²) in [5.41, 5.74) is 0.715. The minimum absolute atomic E-state index is 0.275. The molecule has 72 valence electrons. The van der Waals surface area contributed by atoms with Gasteiger partial charge in [0.15, 0.2) is 9.84 Å². The second kappa shape index (κ2) is 3.47. The Morgan fingerprint density at radius 3 is 2.00 bits per heavy atom. The number of aliphatic hydroxyl groups excluding tert-OH is 1. The van der Waals surface area contributed by atoms with E-state index in [9.17, 15) is 8.42 Å². The predicted octanol–water partition coefficient (Wildman–Crippen LogP) is 1.14. The Kier molecular flexibility index (Phi) is 2.73. The Balaban J connectivity index is 3.08. The monoisotopic (exact) mass is 200 g/mol. The van der Waals surface area contributed by atoms with Gasteiger partial charge >= 0.3 is 0 Å². The zero-order chi connectivity index (χ0) is 10.1. The summed E-state index contributed by atoms with van der Waals surface area (Å²) < 4.78 is 22.1. The number of sulfone groups is 1. The first kappa shape index (κ1) is 10.2. The van der Waals surface area contributed by atoms with E-state index in [0.717, 1.165) is 6.26 Å². The molecule has 0 spiro atoms. The molecular formula is C9H12O3S. The highest BCUT2D eigenvalue weighted by atomic mass is 32.2. The Labute approximate surface area is 77.9 Å². The molecule has 0 aromatic heterocycles. The van der Waals surface area contributed by atoms with E-state index in [1.165, 1.54) is 12.1 Å². The summed E-state index contributed by atoms with van der Waals surface area (Å²) in [5, 5.41) is 9.17. The molecule has 0 bridgehead atoms. The van der Waals surface area contributed by atoms with Crippen LogP contribution in [0, 0.1) is 0 Å². The maximum absolute atomic E-state index is 11.1. The first-order chi connectivity index (χ1) is 5.91. The number of hydrogen-bond acceptors (Lipinski definition) is 3. The number of hydrogen-bond donors (Lipinski definition) is 1. The van der Waals surface area contributed by atoms with E-state index in [4.69, 9.17) is 5.11 Å². The minimum Gasteiger partial charge on any atom is -0.389 e. The van der Waals surface area contributed by atoms with E-state index in [2.05, 4.69) is 0 Å². The molecule has 1 rings (SSSR count). The third-order valence-corrected chi connectivity index (χ3v) is 2.92. The van der Waals surface area contributed by atoms with E-state index >= 15 is 0 Å². The van der Waals surface area contributed by atoms with Crippen LogP contribution < -0.4 is 0 Å². The molecule has 0 heterocycles. The Morgan fingerprint density at radius 2 is 1.69 bits per heavy atom. The van der Waals surface area contributed by atoms with Crippen molar-refractivity contribution in [2.45, 2.75) is 17.9 Å². The van der Waals surface area contributed by atoms with Gasteiger partial charge in [-0.3, -0.25) is 0 Å². The van der Waals surface area contributed by atoms with Crippen molar-refractivity contribution >= 4 is 9.84 Å². The lowest BCUT2D eigenvalue weighted by atomic mass is 10.1. The lowest BCUT2D eigenvalue weighted by molar-refractivity contribution is 0.199. The SMILES string of the molecule is CC(O)c1ccc(S(C)(=O)=O)cc1. The fraction of sp³-hybridized carbons (Fsp3) is 0.333. The molecular weight excluding hydrogens is 188 g/mol. The van der Waals surface area contributed by atoms with E-state index in [0.29, 0.717) is 5.56 Å². The van der Waals surface area contributed by atoms with Gasteiger partial charge in [-0.05, 0) is 24.6 Å². The molecule has 1 N–H and O–H groups in total. The fourth-order valence-corrected chi connectivity index (χ4v) is 1.62. The summed E-state index contributed by atoms with van der Waals surface area (Å²) in [4.78, 5) is 0.275.